The van der Waals surface area contributed by atoms with Crippen molar-refractivity contribution in [2.75, 3.05) is 132 Å². The third-order valence-corrected chi connectivity index (χ3v) is 26.5. The molecule has 43 nitrogen and oxygen atoms in total. The van der Waals surface area contributed by atoms with E-state index >= 15 is 14.4 Å². The molecular weight excluding hydrogens is 1920 g/mol. The fourth-order valence-corrected chi connectivity index (χ4v) is 19.5. The first kappa shape index (κ1) is 108. The highest BCUT2D eigenvalue weighted by Gasteiger charge is 2.64. The lowest BCUT2D eigenvalue weighted by atomic mass is 9.94. The molecule has 9 fully saturated rings. The summed E-state index contributed by atoms with van der Waals surface area (Å²) in [6, 6.07) is 55.2. The number of rotatable bonds is 43. The zero-order chi connectivity index (χ0) is 102. The van der Waals surface area contributed by atoms with Crippen LogP contribution in [0.2, 0.25) is 0 Å². The second-order valence-corrected chi connectivity index (χ2v) is 35.2. The maximum absolute atomic E-state index is 15.6. The van der Waals surface area contributed by atoms with Gasteiger partial charge in [-0.3, -0.25) is 0 Å². The second-order valence-electron chi connectivity index (χ2n) is 35.2. The molecule has 0 spiro atoms. The summed E-state index contributed by atoms with van der Waals surface area (Å²) in [5, 5.41) is 3.93. The largest absolute Gasteiger partial charge is 0.459 e. The number of benzene rings is 7. The lowest BCUT2D eigenvalue weighted by Crippen LogP contribution is -2.70. The van der Waals surface area contributed by atoms with E-state index in [2.05, 4.69) is 10.0 Å². The Morgan fingerprint density at radius 2 is 0.548 bits per heavy atom. The molecule has 9 aliphatic rings. The number of nitrogens with zero attached hydrogens (tertiary/aromatic N) is 3. The first-order valence-electron chi connectivity index (χ1n) is 47.5. The van der Waals surface area contributed by atoms with Gasteiger partial charge in [-0.15, -0.1) is 0 Å². The topological polar surface area (TPSA) is 465 Å². The van der Waals surface area contributed by atoms with Gasteiger partial charge in [-0.25, -0.2) is 28.8 Å². The number of methoxy groups -OCH3 is 12. The minimum absolute atomic E-state index is 0.0264. The molecule has 7 aromatic rings. The number of ether oxygens (including phenoxy) is 34. The number of azide groups is 1. The van der Waals surface area contributed by atoms with Gasteiger partial charge in [0.25, 0.3) is 0 Å². The third-order valence-electron chi connectivity index (χ3n) is 26.5. The summed E-state index contributed by atoms with van der Waals surface area (Å²) in [4.78, 5) is 93.4. The van der Waals surface area contributed by atoms with Gasteiger partial charge in [0.1, 0.15) is 154 Å². The van der Waals surface area contributed by atoms with Gasteiger partial charge in [-0.1, -0.05) is 145 Å². The Labute approximate surface area is 841 Å². The standard InChI is InChI=1S/C103H121N3O40/c1-113-48-62-71(78(117-5)84(121-9)98(130-62)141-70-67-54-128-97(129-67)69(105-106-104)77(70)116-4)142-99-85(122-10)79(118-6)72(63(131-99)49-114-2)143-100-86(123-11)80(119-7)73(64(132-100)50-115-3)144-101-87(124-12)81(120-8)74(65(133-101)51-125-90(107)55-34-20-13-21-35-55)145-102-89(139-95(112)60-44-30-18-31-45-60)83(137-93(110)58-40-26-16-27-41-58)76(66(134-102)52-126-91(108)56-36-22-14-23-37-56)146-103-88(138-94(111)59-42-28-17-29-43-59)82(136-92(109)57-38-24-15-25-39-57)75-68(135-103)53-127-96(140-75)61-46-32-19-33-47-61/h13-47,62-89,96-103H,48-54H2,1-12H3/t62?,63?,64?,65?,66?,67?,68?,69-,70-,71+,72+,73+,74+,75+,76+,77?,78?,79?,80?,81?,82?,83?,84?,85?,86-,87-,88?,89?,96?,97+,98-,99+,100-,101-,102-,103+/m0/s1. The molecule has 146 heavy (non-hydrogen) atoms. The Hall–Kier alpha value is -10.5. The molecule has 0 saturated carbocycles. The highest BCUT2D eigenvalue weighted by molar-refractivity contribution is 5.92. The molecule has 9 saturated heterocycles. The van der Waals surface area contributed by atoms with Crippen LogP contribution < -0.4 is 0 Å². The van der Waals surface area contributed by atoms with Crippen molar-refractivity contribution in [1.82, 2.24) is 0 Å². The van der Waals surface area contributed by atoms with Crippen LogP contribution in [0.1, 0.15) is 74.0 Å². The minimum Gasteiger partial charge on any atom is -0.459 e. The van der Waals surface area contributed by atoms with Crippen LogP contribution >= 0.6 is 0 Å². The zero-order valence-corrected chi connectivity index (χ0v) is 82.1. The molecule has 9 heterocycles. The molecule has 2 bridgehead atoms. The highest BCUT2D eigenvalue weighted by Crippen LogP contribution is 2.46. The predicted octanol–water partition coefficient (Wildman–Crippen LogP) is 7.89. The molecule has 0 radical (unpaired) electrons. The number of carbonyl (C=O) groups is 6. The first-order chi connectivity index (χ1) is 71.3. The van der Waals surface area contributed by atoms with Crippen LogP contribution in [0.25, 0.3) is 10.4 Å². The SMILES string of the molecule is COCC1O[C@@H](O[C@H]2C3CO[C@H](O3)[C@@H](N=[N+]=[N-])C2OC)C(OC)C(OC)[C@@H]1O[C@H]1OC(COC)[C@@H](O[C@@H]2OC(COC)[C@@H](O[C@@H]3OC(COC(=O)c4ccccc4)[C@@H](O[C@@H]4OC(COC(=O)c5ccccc5)[C@@H](O[C@H]5OC6COC(c7ccccc7)O[C@H]6C(OC(=O)c6ccccc6)C5OC(=O)c5ccccc5)C(OC(=O)c5ccccc5)C4OC(=O)c4ccccc4)C(OC)[C@@H]3OC)C(OC)[C@@H]2OC)C(OC)C1OC. The number of hydrogen-bond acceptors (Lipinski definition) is 41. The van der Waals surface area contributed by atoms with Crippen LogP contribution in [0.4, 0.5) is 0 Å². The summed E-state index contributed by atoms with van der Waals surface area (Å²) < 4.78 is 223. The normalized spacial score (nSPS) is 34.8. The molecule has 7 aromatic carbocycles. The van der Waals surface area contributed by atoms with Gasteiger partial charge in [0, 0.05) is 95.8 Å². The van der Waals surface area contributed by atoms with Gasteiger partial charge < -0.3 is 161 Å². The van der Waals surface area contributed by atoms with E-state index in [9.17, 15) is 19.9 Å². The van der Waals surface area contributed by atoms with Crippen LogP contribution in [0.15, 0.2) is 217 Å². The molecule has 0 amide bonds. The quantitative estimate of drug-likeness (QED) is 0.0115. The molecular formula is C103H121N3O40. The summed E-state index contributed by atoms with van der Waals surface area (Å²) in [5.41, 5.74) is 10.3. The van der Waals surface area contributed by atoms with Gasteiger partial charge in [0.15, 0.2) is 74.7 Å². The Kier molecular flexibility index (Phi) is 38.7. The average Bonchev–Trinajstić information content (AvgIpc) is 0.931. The molecule has 36 atom stereocenters. The van der Waals surface area contributed by atoms with Crippen molar-refractivity contribution >= 4 is 35.8 Å². The average molecular weight is 2040 g/mol. The smallest absolute Gasteiger partial charge is 0.338 e. The van der Waals surface area contributed by atoms with Crippen molar-refractivity contribution < 1.29 is 190 Å². The molecule has 0 N–H and O–H groups in total. The highest BCUT2D eigenvalue weighted by atomic mass is 16.8. The van der Waals surface area contributed by atoms with Crippen molar-refractivity contribution in [2.45, 2.75) is 221 Å². The molecule has 0 aliphatic carbocycles. The number of esters is 6. The van der Waals surface area contributed by atoms with Gasteiger partial charge in [0.2, 0.25) is 0 Å². The van der Waals surface area contributed by atoms with Crippen molar-refractivity contribution in [2.24, 2.45) is 5.11 Å². The van der Waals surface area contributed by atoms with Crippen molar-refractivity contribution in [3.63, 3.8) is 0 Å². The first-order valence-corrected chi connectivity index (χ1v) is 47.5. The van der Waals surface area contributed by atoms with E-state index in [0.29, 0.717) is 5.56 Å². The van der Waals surface area contributed by atoms with Crippen LogP contribution in [-0.2, 0) is 161 Å². The van der Waals surface area contributed by atoms with Crippen LogP contribution in [0.3, 0.4) is 0 Å². The fraction of sp³-hybridized carbons (Fsp3) is 0.534. The maximum atomic E-state index is 15.6. The van der Waals surface area contributed by atoms with E-state index in [1.807, 2.05) is 0 Å². The molecule has 9 aliphatic heterocycles. The van der Waals surface area contributed by atoms with E-state index < -0.39 is 270 Å². The van der Waals surface area contributed by atoms with Gasteiger partial charge in [-0.2, -0.15) is 0 Å². The Balaban J connectivity index is 0.732. The summed E-state index contributed by atoms with van der Waals surface area (Å²) in [6.07, 6.45) is -48.1. The fourth-order valence-electron chi connectivity index (χ4n) is 19.5. The van der Waals surface area contributed by atoms with Crippen LogP contribution in [-0.4, -0.2) is 382 Å². The van der Waals surface area contributed by atoms with Crippen molar-refractivity contribution in [3.05, 3.63) is 262 Å². The monoisotopic (exact) mass is 2040 g/mol. The summed E-state index contributed by atoms with van der Waals surface area (Å²) in [6.45, 7) is -2.24. The van der Waals surface area contributed by atoms with Crippen molar-refractivity contribution in [3.8, 4) is 0 Å². The molecule has 43 heteroatoms. The van der Waals surface area contributed by atoms with E-state index in [0.717, 1.165) is 0 Å². The Bertz CT molecular complexity index is 5320. The predicted molar refractivity (Wildman–Crippen MR) is 498 cm³/mol. The van der Waals surface area contributed by atoms with Gasteiger partial charge in [-0.05, 0) is 78.3 Å². The number of fused-ring (bicyclic) bond motifs is 3. The number of hydrogen-bond donors (Lipinski definition) is 0. The van der Waals surface area contributed by atoms with Crippen LogP contribution in [0.5, 0.6) is 0 Å². The molecule has 16 rings (SSSR count). The third kappa shape index (κ3) is 24.8. The molecule has 788 valence electrons. The lowest BCUT2D eigenvalue weighted by Gasteiger charge is -2.52. The molecule has 19 unspecified atom stereocenters. The minimum atomic E-state index is -2.12. The summed E-state index contributed by atoms with van der Waals surface area (Å²) in [5.74, 6) is -5.75. The Morgan fingerprint density at radius 1 is 0.274 bits per heavy atom. The van der Waals surface area contributed by atoms with Gasteiger partial charge in [0.05, 0.1) is 72.5 Å². The van der Waals surface area contributed by atoms with E-state index in [4.69, 9.17) is 161 Å². The summed E-state index contributed by atoms with van der Waals surface area (Å²) in [7, 11) is 17.1. The maximum Gasteiger partial charge on any atom is 0.338 e. The van der Waals surface area contributed by atoms with E-state index in [1.165, 1.54) is 158 Å². The van der Waals surface area contributed by atoms with E-state index in [-0.39, 0.29) is 66.4 Å². The second kappa shape index (κ2) is 52.1. The Morgan fingerprint density at radius 3 is 0.877 bits per heavy atom. The molecule has 0 aromatic heterocycles. The van der Waals surface area contributed by atoms with Gasteiger partial charge >= 0.3 is 35.8 Å². The van der Waals surface area contributed by atoms with E-state index in [1.54, 1.807) is 140 Å². The number of carbonyl (C=O) groups excluding carboxylic acids is 6. The zero-order valence-electron chi connectivity index (χ0n) is 82.1. The summed E-state index contributed by atoms with van der Waals surface area (Å²) >= 11 is 0. The lowest BCUT2D eigenvalue weighted by molar-refractivity contribution is -0.403. The van der Waals surface area contributed by atoms with Crippen molar-refractivity contribution in [1.29, 1.82) is 0 Å². The van der Waals surface area contributed by atoms with Crippen LogP contribution in [0, 0.1) is 0 Å².